The summed E-state index contributed by atoms with van der Waals surface area (Å²) in [6.45, 7) is 2.02. The van der Waals surface area contributed by atoms with E-state index in [1.165, 1.54) is 12.1 Å². The second-order valence-electron chi connectivity index (χ2n) is 3.86. The fourth-order valence-electron chi connectivity index (χ4n) is 1.76. The van der Waals surface area contributed by atoms with Gasteiger partial charge in [0.2, 0.25) is 0 Å². The molecule has 0 N–H and O–H groups in total. The molecule has 0 spiro atoms. The first-order valence-corrected chi connectivity index (χ1v) is 7.79. The lowest BCUT2D eigenvalue weighted by Crippen LogP contribution is -2.31. The Balaban J connectivity index is 2.24. The summed E-state index contributed by atoms with van der Waals surface area (Å²) in [5, 5.41) is 0.401. The number of Topliss-reactive ketones (excluding diaryl/α,β-unsaturated/α-hetero) is 1. The third kappa shape index (κ3) is 2.98. The number of rotatable bonds is 2. The van der Waals surface area contributed by atoms with Gasteiger partial charge < -0.3 is 0 Å². The van der Waals surface area contributed by atoms with Gasteiger partial charge in [-0.2, -0.15) is 11.8 Å². The highest BCUT2D eigenvalue weighted by Crippen LogP contribution is 2.33. The van der Waals surface area contributed by atoms with Crippen molar-refractivity contribution in [2.24, 2.45) is 0 Å². The molecule has 1 aliphatic heterocycles. The van der Waals surface area contributed by atoms with Crippen LogP contribution >= 0.6 is 35.1 Å². The Kier molecular flexibility index (Phi) is 4.39. The van der Waals surface area contributed by atoms with E-state index in [2.05, 4.69) is 0 Å². The summed E-state index contributed by atoms with van der Waals surface area (Å²) < 4.78 is 13.7. The minimum Gasteiger partial charge on any atom is -0.293 e. The zero-order valence-corrected chi connectivity index (χ0v) is 11.7. The molecule has 2 rings (SSSR count). The summed E-state index contributed by atoms with van der Waals surface area (Å²) in [4.78, 5) is 12.2. The van der Waals surface area contributed by atoms with Crippen LogP contribution in [0, 0.1) is 5.82 Å². The van der Waals surface area contributed by atoms with Crippen molar-refractivity contribution in [3.8, 4) is 0 Å². The zero-order chi connectivity index (χ0) is 12.4. The van der Waals surface area contributed by atoms with Crippen molar-refractivity contribution < 1.29 is 9.18 Å². The standard InChI is InChI=1S/C12H12ClFOS2/c1-7-12(17-5-4-16-7)11(15)9-3-2-8(13)6-10(9)14/h2-3,6-7,12H,4-5H2,1H3. The molecule has 17 heavy (non-hydrogen) atoms. The van der Waals surface area contributed by atoms with Gasteiger partial charge in [-0.3, -0.25) is 4.79 Å². The van der Waals surface area contributed by atoms with Crippen LogP contribution in [-0.2, 0) is 0 Å². The minimum atomic E-state index is -0.522. The molecule has 5 heteroatoms. The normalized spacial score (nSPS) is 24.6. The van der Waals surface area contributed by atoms with E-state index in [-0.39, 0.29) is 21.8 Å². The Morgan fingerprint density at radius 3 is 2.76 bits per heavy atom. The molecule has 1 aliphatic rings. The first-order valence-electron chi connectivity index (χ1n) is 5.32. The number of hydrogen-bond donors (Lipinski definition) is 0. The fourth-order valence-corrected chi connectivity index (χ4v) is 4.64. The Labute approximate surface area is 113 Å². The minimum absolute atomic E-state index is 0.121. The highest BCUT2D eigenvalue weighted by Gasteiger charge is 2.31. The van der Waals surface area contributed by atoms with E-state index in [1.807, 2.05) is 6.92 Å². The monoisotopic (exact) mass is 290 g/mol. The van der Waals surface area contributed by atoms with Crippen molar-refractivity contribution in [1.29, 1.82) is 0 Å². The van der Waals surface area contributed by atoms with Crippen molar-refractivity contribution in [2.75, 3.05) is 11.5 Å². The van der Waals surface area contributed by atoms with Crippen molar-refractivity contribution in [2.45, 2.75) is 17.4 Å². The predicted octanol–water partition coefficient (Wildman–Crippen LogP) is 3.90. The van der Waals surface area contributed by atoms with Gasteiger partial charge in [0.1, 0.15) is 5.82 Å². The number of carbonyl (C=O) groups excluding carboxylic acids is 1. The molecule has 0 aliphatic carbocycles. The van der Waals surface area contributed by atoms with Gasteiger partial charge in [-0.15, -0.1) is 11.8 Å². The van der Waals surface area contributed by atoms with Crippen molar-refractivity contribution in [3.63, 3.8) is 0 Å². The third-order valence-electron chi connectivity index (χ3n) is 2.64. The van der Waals surface area contributed by atoms with Crippen LogP contribution in [0.1, 0.15) is 17.3 Å². The molecule has 1 heterocycles. The maximum absolute atomic E-state index is 13.7. The lowest BCUT2D eigenvalue weighted by molar-refractivity contribution is 0.0985. The molecule has 0 saturated carbocycles. The van der Waals surface area contributed by atoms with Crippen molar-refractivity contribution >= 4 is 40.9 Å². The van der Waals surface area contributed by atoms with E-state index >= 15 is 0 Å². The van der Waals surface area contributed by atoms with Crippen LogP contribution in [0.5, 0.6) is 0 Å². The lowest BCUT2D eigenvalue weighted by Gasteiger charge is -2.26. The first-order chi connectivity index (χ1) is 8.09. The average Bonchev–Trinajstić information content (AvgIpc) is 2.29. The number of ketones is 1. The molecule has 0 radical (unpaired) electrons. The van der Waals surface area contributed by atoms with Crippen LogP contribution < -0.4 is 0 Å². The Morgan fingerprint density at radius 2 is 2.12 bits per heavy atom. The third-order valence-corrected chi connectivity index (χ3v) is 5.97. The fraction of sp³-hybridized carbons (Fsp3) is 0.417. The van der Waals surface area contributed by atoms with E-state index in [0.717, 1.165) is 11.5 Å². The lowest BCUT2D eigenvalue weighted by atomic mass is 10.1. The maximum Gasteiger partial charge on any atom is 0.179 e. The highest BCUT2D eigenvalue weighted by molar-refractivity contribution is 8.07. The number of halogens is 2. The van der Waals surface area contributed by atoms with Crippen LogP contribution in [0.4, 0.5) is 4.39 Å². The predicted molar refractivity (Wildman–Crippen MR) is 73.9 cm³/mol. The first kappa shape index (κ1) is 13.2. The van der Waals surface area contributed by atoms with Crippen LogP contribution in [0.3, 0.4) is 0 Å². The maximum atomic E-state index is 13.7. The Bertz CT molecular complexity index is 439. The average molecular weight is 291 g/mol. The van der Waals surface area contributed by atoms with Gasteiger partial charge in [-0.25, -0.2) is 4.39 Å². The summed E-state index contributed by atoms with van der Waals surface area (Å²) in [5.74, 6) is 1.36. The topological polar surface area (TPSA) is 17.1 Å². The van der Waals surface area contributed by atoms with Crippen LogP contribution in [0.2, 0.25) is 5.02 Å². The van der Waals surface area contributed by atoms with Crippen LogP contribution in [-0.4, -0.2) is 27.8 Å². The van der Waals surface area contributed by atoms with E-state index < -0.39 is 5.82 Å². The molecule has 1 aromatic rings. The molecule has 0 bridgehead atoms. The Morgan fingerprint density at radius 1 is 1.41 bits per heavy atom. The largest absolute Gasteiger partial charge is 0.293 e. The number of thioether (sulfide) groups is 2. The smallest absolute Gasteiger partial charge is 0.179 e. The molecule has 1 saturated heterocycles. The second-order valence-corrected chi connectivity index (χ2v) is 7.03. The quantitative estimate of drug-likeness (QED) is 0.769. The summed E-state index contributed by atoms with van der Waals surface area (Å²) in [6, 6.07) is 4.23. The van der Waals surface area contributed by atoms with E-state index in [1.54, 1.807) is 29.6 Å². The summed E-state index contributed by atoms with van der Waals surface area (Å²) in [7, 11) is 0. The Hall–Kier alpha value is -0.190. The molecule has 2 unspecified atom stereocenters. The van der Waals surface area contributed by atoms with Gasteiger partial charge in [0, 0.05) is 21.8 Å². The highest BCUT2D eigenvalue weighted by atomic mass is 35.5. The summed E-state index contributed by atoms with van der Waals surface area (Å²) >= 11 is 9.06. The van der Waals surface area contributed by atoms with Gasteiger partial charge >= 0.3 is 0 Å². The number of benzene rings is 1. The molecule has 2 atom stereocenters. The molecule has 1 nitrogen and oxygen atoms in total. The second kappa shape index (κ2) is 5.63. The van der Waals surface area contributed by atoms with Gasteiger partial charge in [-0.1, -0.05) is 18.5 Å². The zero-order valence-electron chi connectivity index (χ0n) is 9.28. The van der Waals surface area contributed by atoms with Crippen molar-refractivity contribution in [1.82, 2.24) is 0 Å². The van der Waals surface area contributed by atoms with Crippen molar-refractivity contribution in [3.05, 3.63) is 34.6 Å². The number of carbonyl (C=O) groups is 1. The molecule has 0 amide bonds. The molecular weight excluding hydrogens is 279 g/mol. The molecule has 92 valence electrons. The molecular formula is C12H12ClFOS2. The van der Waals surface area contributed by atoms with Gasteiger partial charge in [0.25, 0.3) is 0 Å². The van der Waals surface area contributed by atoms with Crippen LogP contribution in [0.15, 0.2) is 18.2 Å². The SMILES string of the molecule is CC1SCCSC1C(=O)c1ccc(Cl)cc1F. The van der Waals surface area contributed by atoms with Gasteiger partial charge in [0.05, 0.1) is 10.8 Å². The van der Waals surface area contributed by atoms with Gasteiger partial charge in [-0.05, 0) is 18.2 Å². The van der Waals surface area contributed by atoms with Gasteiger partial charge in [0.15, 0.2) is 5.78 Å². The number of hydrogen-bond acceptors (Lipinski definition) is 3. The van der Waals surface area contributed by atoms with E-state index in [4.69, 9.17) is 11.6 Å². The molecule has 1 fully saturated rings. The van der Waals surface area contributed by atoms with E-state index in [0.29, 0.717) is 5.02 Å². The molecule has 1 aromatic carbocycles. The van der Waals surface area contributed by atoms with E-state index in [9.17, 15) is 9.18 Å². The summed E-state index contributed by atoms with van der Waals surface area (Å²) in [6.07, 6.45) is 0. The van der Waals surface area contributed by atoms with Crippen LogP contribution in [0.25, 0.3) is 0 Å². The molecule has 0 aromatic heterocycles. The summed E-state index contributed by atoms with van der Waals surface area (Å²) in [5.41, 5.74) is 0.154.